The van der Waals surface area contributed by atoms with Gasteiger partial charge in [0.25, 0.3) is 0 Å². The Morgan fingerprint density at radius 1 is 1.12 bits per heavy atom. The summed E-state index contributed by atoms with van der Waals surface area (Å²) in [6.45, 7) is 3.11. The molecule has 0 amide bonds. The largest absolute Gasteiger partial charge is 0.375 e. The average molecular weight is 239 g/mol. The molecule has 3 unspecified atom stereocenters. The Kier molecular flexibility index (Phi) is 5.30. The summed E-state index contributed by atoms with van der Waals surface area (Å²) in [7, 11) is 0. The first kappa shape index (κ1) is 13.4. The molecule has 0 bridgehead atoms. The van der Waals surface area contributed by atoms with E-state index in [0.717, 1.165) is 12.5 Å². The Morgan fingerprint density at radius 3 is 2.53 bits per heavy atom. The smallest absolute Gasteiger partial charge is 0.0621 e. The van der Waals surface area contributed by atoms with Crippen LogP contribution < -0.4 is 5.73 Å². The Hall–Kier alpha value is -0.0800. The molecule has 2 aliphatic carbocycles. The molecule has 0 heterocycles. The van der Waals surface area contributed by atoms with Crippen LogP contribution in [0.4, 0.5) is 0 Å². The highest BCUT2D eigenvalue weighted by atomic mass is 16.5. The topological polar surface area (TPSA) is 35.2 Å². The normalized spacial score (nSPS) is 35.3. The second-order valence-electron chi connectivity index (χ2n) is 6.04. The second kappa shape index (κ2) is 6.75. The van der Waals surface area contributed by atoms with Crippen molar-refractivity contribution in [3.05, 3.63) is 0 Å². The van der Waals surface area contributed by atoms with Gasteiger partial charge in [-0.2, -0.15) is 0 Å². The van der Waals surface area contributed by atoms with Crippen LogP contribution in [0.25, 0.3) is 0 Å². The summed E-state index contributed by atoms with van der Waals surface area (Å²) in [5.41, 5.74) is 5.91. The molecule has 100 valence electrons. The molecule has 2 aliphatic rings. The van der Waals surface area contributed by atoms with Gasteiger partial charge in [-0.1, -0.05) is 32.6 Å². The molecule has 0 spiro atoms. The zero-order valence-corrected chi connectivity index (χ0v) is 11.4. The molecule has 0 saturated heterocycles. The van der Waals surface area contributed by atoms with E-state index >= 15 is 0 Å². The average Bonchev–Trinajstić information content (AvgIpc) is 2.83. The van der Waals surface area contributed by atoms with E-state index in [1.807, 2.05) is 0 Å². The van der Waals surface area contributed by atoms with Crippen molar-refractivity contribution >= 4 is 0 Å². The molecule has 17 heavy (non-hydrogen) atoms. The van der Waals surface area contributed by atoms with Crippen molar-refractivity contribution < 1.29 is 4.74 Å². The molecule has 0 aromatic carbocycles. The van der Waals surface area contributed by atoms with Crippen molar-refractivity contribution in [1.29, 1.82) is 0 Å². The summed E-state index contributed by atoms with van der Waals surface area (Å²) in [5.74, 6) is 1.53. The van der Waals surface area contributed by atoms with E-state index < -0.39 is 0 Å². The van der Waals surface area contributed by atoms with Crippen molar-refractivity contribution in [3.63, 3.8) is 0 Å². The lowest BCUT2D eigenvalue weighted by Gasteiger charge is -2.37. The Balaban J connectivity index is 1.85. The molecule has 3 atom stereocenters. The van der Waals surface area contributed by atoms with Gasteiger partial charge in [0.2, 0.25) is 0 Å². The summed E-state index contributed by atoms with van der Waals surface area (Å²) >= 11 is 0. The number of nitrogens with two attached hydrogens (primary N) is 1. The number of rotatable bonds is 5. The molecule has 0 aliphatic heterocycles. The van der Waals surface area contributed by atoms with Crippen LogP contribution in [0.2, 0.25) is 0 Å². The Labute approximate surface area is 106 Å². The van der Waals surface area contributed by atoms with E-state index in [1.54, 1.807) is 0 Å². The summed E-state index contributed by atoms with van der Waals surface area (Å²) < 4.78 is 6.35. The molecule has 0 aromatic heterocycles. The van der Waals surface area contributed by atoms with Gasteiger partial charge < -0.3 is 10.5 Å². The summed E-state index contributed by atoms with van der Waals surface area (Å²) in [6.07, 6.45) is 12.9. The third kappa shape index (κ3) is 3.69. The molecule has 2 fully saturated rings. The van der Waals surface area contributed by atoms with Crippen molar-refractivity contribution in [1.82, 2.24) is 0 Å². The van der Waals surface area contributed by atoms with E-state index in [1.165, 1.54) is 57.8 Å². The predicted molar refractivity (Wildman–Crippen MR) is 71.9 cm³/mol. The van der Waals surface area contributed by atoms with E-state index in [-0.39, 0.29) is 0 Å². The molecule has 2 heteroatoms. The minimum absolute atomic E-state index is 0.466. The van der Waals surface area contributed by atoms with Crippen LogP contribution in [0, 0.1) is 11.8 Å². The molecule has 2 nitrogen and oxygen atoms in total. The quantitative estimate of drug-likeness (QED) is 0.797. The lowest BCUT2D eigenvalue weighted by molar-refractivity contribution is -0.0664. The minimum Gasteiger partial charge on any atom is -0.375 e. The van der Waals surface area contributed by atoms with Gasteiger partial charge in [-0.05, 0) is 50.5 Å². The van der Waals surface area contributed by atoms with Gasteiger partial charge in [-0.3, -0.25) is 0 Å². The molecular weight excluding hydrogens is 210 g/mol. The van der Waals surface area contributed by atoms with Crippen molar-refractivity contribution in [2.75, 3.05) is 6.54 Å². The third-order valence-electron chi connectivity index (χ3n) is 4.71. The molecule has 2 saturated carbocycles. The van der Waals surface area contributed by atoms with Crippen LogP contribution in [0.15, 0.2) is 0 Å². The molecule has 0 radical (unpaired) electrons. The van der Waals surface area contributed by atoms with Gasteiger partial charge in [-0.15, -0.1) is 0 Å². The zero-order chi connectivity index (χ0) is 12.1. The van der Waals surface area contributed by atoms with Crippen LogP contribution in [0.1, 0.15) is 64.7 Å². The number of hydrogen-bond acceptors (Lipinski definition) is 2. The summed E-state index contributed by atoms with van der Waals surface area (Å²) in [6, 6.07) is 0. The van der Waals surface area contributed by atoms with Gasteiger partial charge >= 0.3 is 0 Å². The molecule has 2 N–H and O–H groups in total. The van der Waals surface area contributed by atoms with Crippen LogP contribution >= 0.6 is 0 Å². The van der Waals surface area contributed by atoms with Crippen LogP contribution in [-0.4, -0.2) is 18.8 Å². The van der Waals surface area contributed by atoms with Crippen LogP contribution in [0.3, 0.4) is 0 Å². The fraction of sp³-hybridized carbons (Fsp3) is 1.00. The predicted octanol–water partition coefficient (Wildman–Crippen LogP) is 3.49. The highest BCUT2D eigenvalue weighted by Crippen LogP contribution is 2.35. The maximum atomic E-state index is 6.35. The first-order valence-corrected chi connectivity index (χ1v) is 7.69. The summed E-state index contributed by atoms with van der Waals surface area (Å²) in [4.78, 5) is 0. The van der Waals surface area contributed by atoms with Crippen molar-refractivity contribution in [2.45, 2.75) is 76.9 Å². The van der Waals surface area contributed by atoms with Gasteiger partial charge in [0.15, 0.2) is 0 Å². The highest BCUT2D eigenvalue weighted by molar-refractivity contribution is 4.83. The maximum Gasteiger partial charge on any atom is 0.0621 e. The maximum absolute atomic E-state index is 6.35. The Morgan fingerprint density at radius 2 is 1.88 bits per heavy atom. The first-order valence-electron chi connectivity index (χ1n) is 7.69. The lowest BCUT2D eigenvalue weighted by atomic mass is 9.78. The minimum atomic E-state index is 0.466. The molecular formula is C15H29NO. The van der Waals surface area contributed by atoms with E-state index in [4.69, 9.17) is 10.5 Å². The fourth-order valence-electron chi connectivity index (χ4n) is 3.65. The highest BCUT2D eigenvalue weighted by Gasteiger charge is 2.32. The van der Waals surface area contributed by atoms with Gasteiger partial charge in [-0.25, -0.2) is 0 Å². The molecule has 0 aromatic rings. The fourth-order valence-corrected chi connectivity index (χ4v) is 3.65. The van der Waals surface area contributed by atoms with E-state index in [2.05, 4.69) is 6.92 Å². The van der Waals surface area contributed by atoms with Crippen molar-refractivity contribution in [2.24, 2.45) is 17.6 Å². The summed E-state index contributed by atoms with van der Waals surface area (Å²) in [5, 5.41) is 0. The number of ether oxygens (including phenoxy) is 1. The standard InChI is InChI=1S/C15H29NO/c1-2-5-12-8-9-13(11-16)15(10-12)17-14-6-3-4-7-14/h12-15H,2-11,16H2,1H3. The lowest BCUT2D eigenvalue weighted by Crippen LogP contribution is -2.38. The van der Waals surface area contributed by atoms with Crippen LogP contribution in [0.5, 0.6) is 0 Å². The van der Waals surface area contributed by atoms with E-state index in [0.29, 0.717) is 18.1 Å². The third-order valence-corrected chi connectivity index (χ3v) is 4.71. The second-order valence-corrected chi connectivity index (χ2v) is 6.04. The monoisotopic (exact) mass is 239 g/mol. The SMILES string of the molecule is CCCC1CCC(CN)C(OC2CCCC2)C1. The van der Waals surface area contributed by atoms with Gasteiger partial charge in [0, 0.05) is 0 Å². The van der Waals surface area contributed by atoms with Crippen molar-refractivity contribution in [3.8, 4) is 0 Å². The van der Waals surface area contributed by atoms with E-state index in [9.17, 15) is 0 Å². The molecule has 2 rings (SSSR count). The number of hydrogen-bond donors (Lipinski definition) is 1. The van der Waals surface area contributed by atoms with Gasteiger partial charge in [0.1, 0.15) is 0 Å². The van der Waals surface area contributed by atoms with Gasteiger partial charge in [0.05, 0.1) is 12.2 Å². The zero-order valence-electron chi connectivity index (χ0n) is 11.4. The van der Waals surface area contributed by atoms with Crippen LogP contribution in [-0.2, 0) is 4.74 Å². The first-order chi connectivity index (χ1) is 8.33. The Bertz CT molecular complexity index is 213.